The lowest BCUT2D eigenvalue weighted by atomic mass is 10.0. The molecule has 0 saturated carbocycles. The van der Waals surface area contributed by atoms with Crippen molar-refractivity contribution < 1.29 is 9.59 Å². The largest absolute Gasteiger partial charge is 0.338 e. The molecule has 0 bridgehead atoms. The van der Waals surface area contributed by atoms with Gasteiger partial charge in [0.15, 0.2) is 5.69 Å². The fraction of sp³-hybridized carbons (Fsp3) is 0.688. The number of amides is 2. The van der Waals surface area contributed by atoms with Crippen molar-refractivity contribution >= 4 is 11.8 Å². The van der Waals surface area contributed by atoms with Gasteiger partial charge in [-0.1, -0.05) is 13.8 Å². The minimum atomic E-state index is -0.0552. The van der Waals surface area contributed by atoms with E-state index in [2.05, 4.69) is 10.2 Å². The van der Waals surface area contributed by atoms with Gasteiger partial charge in [-0.3, -0.25) is 14.7 Å². The number of nitrogens with zero attached hydrogens (tertiary/aromatic N) is 3. The summed E-state index contributed by atoms with van der Waals surface area (Å²) >= 11 is 0. The van der Waals surface area contributed by atoms with Crippen LogP contribution in [0.4, 0.5) is 0 Å². The smallest absolute Gasteiger partial charge is 0.274 e. The molecule has 0 radical (unpaired) electrons. The monoisotopic (exact) mass is 306 g/mol. The maximum atomic E-state index is 12.5. The van der Waals surface area contributed by atoms with Crippen molar-refractivity contribution in [3.05, 3.63) is 17.0 Å². The molecule has 1 aromatic rings. The van der Waals surface area contributed by atoms with Crippen molar-refractivity contribution in [3.8, 4) is 0 Å². The summed E-state index contributed by atoms with van der Waals surface area (Å²) in [7, 11) is 0. The van der Waals surface area contributed by atoms with Gasteiger partial charge in [0.05, 0.1) is 0 Å². The second-order valence-corrected chi connectivity index (χ2v) is 5.83. The van der Waals surface area contributed by atoms with Crippen LogP contribution in [0.2, 0.25) is 0 Å². The highest BCUT2D eigenvalue weighted by atomic mass is 16.2. The molecule has 6 heteroatoms. The second-order valence-electron chi connectivity index (χ2n) is 5.83. The zero-order valence-corrected chi connectivity index (χ0v) is 14.0. The van der Waals surface area contributed by atoms with Gasteiger partial charge in [-0.25, -0.2) is 0 Å². The van der Waals surface area contributed by atoms with E-state index in [0.717, 1.165) is 24.1 Å². The summed E-state index contributed by atoms with van der Waals surface area (Å²) in [5, 5.41) is 7.20. The predicted molar refractivity (Wildman–Crippen MR) is 84.4 cm³/mol. The number of H-pyrrole nitrogens is 1. The topological polar surface area (TPSA) is 69.3 Å². The Balaban J connectivity index is 2.22. The van der Waals surface area contributed by atoms with Crippen LogP contribution in [0.5, 0.6) is 0 Å². The summed E-state index contributed by atoms with van der Waals surface area (Å²) < 4.78 is 0. The normalized spacial score (nSPS) is 15.4. The second kappa shape index (κ2) is 6.94. The van der Waals surface area contributed by atoms with Gasteiger partial charge >= 0.3 is 0 Å². The first kappa shape index (κ1) is 16.5. The van der Waals surface area contributed by atoms with E-state index in [-0.39, 0.29) is 17.7 Å². The Bertz CT molecular complexity index is 548. The molecule has 0 fully saturated rings. The number of rotatable bonds is 5. The predicted octanol–water partition coefficient (Wildman–Crippen LogP) is 1.82. The van der Waals surface area contributed by atoms with Crippen molar-refractivity contribution in [1.82, 2.24) is 20.0 Å². The SMILES string of the molecule is CCC(C)C(=O)N1CCc2[nH]nc(C(=O)N(CC)CC)c2C1. The average Bonchev–Trinajstić information content (AvgIpc) is 2.97. The molecule has 1 N–H and O–H groups in total. The number of hydrogen-bond acceptors (Lipinski definition) is 3. The fourth-order valence-corrected chi connectivity index (χ4v) is 2.81. The van der Waals surface area contributed by atoms with Gasteiger partial charge in [-0.15, -0.1) is 0 Å². The average molecular weight is 306 g/mol. The van der Waals surface area contributed by atoms with E-state index in [1.807, 2.05) is 32.6 Å². The molecule has 1 aromatic heterocycles. The van der Waals surface area contributed by atoms with E-state index in [9.17, 15) is 9.59 Å². The number of aromatic nitrogens is 2. The molecular weight excluding hydrogens is 280 g/mol. The van der Waals surface area contributed by atoms with Crippen molar-refractivity contribution in [1.29, 1.82) is 0 Å². The number of hydrogen-bond donors (Lipinski definition) is 1. The lowest BCUT2D eigenvalue weighted by Crippen LogP contribution is -2.40. The van der Waals surface area contributed by atoms with Crippen LogP contribution in [-0.4, -0.2) is 51.4 Å². The van der Waals surface area contributed by atoms with Crippen LogP contribution >= 0.6 is 0 Å². The maximum Gasteiger partial charge on any atom is 0.274 e. The molecule has 1 atom stereocenters. The molecule has 2 rings (SSSR count). The van der Waals surface area contributed by atoms with Crippen molar-refractivity contribution in [2.45, 2.75) is 47.1 Å². The minimum absolute atomic E-state index is 0.0235. The van der Waals surface area contributed by atoms with Crippen LogP contribution in [0.15, 0.2) is 0 Å². The van der Waals surface area contributed by atoms with Crippen LogP contribution in [0, 0.1) is 5.92 Å². The van der Waals surface area contributed by atoms with Crippen LogP contribution in [0.25, 0.3) is 0 Å². The molecule has 1 unspecified atom stereocenters. The van der Waals surface area contributed by atoms with Crippen LogP contribution in [0.3, 0.4) is 0 Å². The molecule has 22 heavy (non-hydrogen) atoms. The maximum absolute atomic E-state index is 12.5. The third kappa shape index (κ3) is 3.00. The Hall–Kier alpha value is -1.85. The van der Waals surface area contributed by atoms with E-state index in [4.69, 9.17) is 0 Å². The molecule has 0 saturated heterocycles. The van der Waals surface area contributed by atoms with Gasteiger partial charge in [-0.05, 0) is 20.3 Å². The first-order chi connectivity index (χ1) is 10.5. The Labute approximate surface area is 131 Å². The van der Waals surface area contributed by atoms with E-state index in [1.165, 1.54) is 0 Å². The summed E-state index contributed by atoms with van der Waals surface area (Å²) in [5.74, 6) is 0.131. The molecule has 1 aliphatic rings. The highest BCUT2D eigenvalue weighted by molar-refractivity contribution is 5.94. The number of nitrogens with one attached hydrogen (secondary N) is 1. The van der Waals surface area contributed by atoms with E-state index < -0.39 is 0 Å². The molecule has 6 nitrogen and oxygen atoms in total. The lowest BCUT2D eigenvalue weighted by Gasteiger charge is -2.29. The van der Waals surface area contributed by atoms with Gasteiger partial charge in [0, 0.05) is 49.8 Å². The van der Waals surface area contributed by atoms with Gasteiger partial charge in [0.25, 0.3) is 5.91 Å². The first-order valence-corrected chi connectivity index (χ1v) is 8.17. The number of aromatic amines is 1. The number of carbonyl (C=O) groups excluding carboxylic acids is 2. The number of fused-ring (bicyclic) bond motifs is 1. The van der Waals surface area contributed by atoms with Crippen LogP contribution in [-0.2, 0) is 17.8 Å². The van der Waals surface area contributed by atoms with Gasteiger partial charge < -0.3 is 9.80 Å². The van der Waals surface area contributed by atoms with Crippen molar-refractivity contribution in [3.63, 3.8) is 0 Å². The highest BCUT2D eigenvalue weighted by Gasteiger charge is 2.30. The fourth-order valence-electron chi connectivity index (χ4n) is 2.81. The zero-order valence-electron chi connectivity index (χ0n) is 14.0. The summed E-state index contributed by atoms with van der Waals surface area (Å²) in [4.78, 5) is 28.5. The standard InChI is InChI=1S/C16H26N4O2/c1-5-11(4)15(21)20-9-8-13-12(10-20)14(18-17-13)16(22)19(6-2)7-3/h11H,5-10H2,1-4H3,(H,17,18). The van der Waals surface area contributed by atoms with Gasteiger partial charge in [0.2, 0.25) is 5.91 Å². The summed E-state index contributed by atoms with van der Waals surface area (Å²) in [6.45, 7) is 10.4. The minimum Gasteiger partial charge on any atom is -0.338 e. The van der Waals surface area contributed by atoms with Gasteiger partial charge in [0.1, 0.15) is 0 Å². The van der Waals surface area contributed by atoms with Crippen molar-refractivity contribution in [2.24, 2.45) is 5.92 Å². The molecule has 0 spiro atoms. The third-order valence-electron chi connectivity index (χ3n) is 4.53. The lowest BCUT2D eigenvalue weighted by molar-refractivity contribution is -0.136. The Morgan fingerprint density at radius 1 is 1.32 bits per heavy atom. The van der Waals surface area contributed by atoms with Crippen molar-refractivity contribution in [2.75, 3.05) is 19.6 Å². The Morgan fingerprint density at radius 3 is 2.59 bits per heavy atom. The molecule has 2 heterocycles. The molecule has 1 aliphatic heterocycles. The first-order valence-electron chi connectivity index (χ1n) is 8.17. The quantitative estimate of drug-likeness (QED) is 0.902. The van der Waals surface area contributed by atoms with Crippen LogP contribution < -0.4 is 0 Å². The Kier molecular flexibility index (Phi) is 5.21. The van der Waals surface area contributed by atoms with E-state index >= 15 is 0 Å². The zero-order chi connectivity index (χ0) is 16.3. The molecule has 122 valence electrons. The highest BCUT2D eigenvalue weighted by Crippen LogP contribution is 2.23. The van der Waals surface area contributed by atoms with E-state index in [0.29, 0.717) is 31.9 Å². The summed E-state index contributed by atoms with van der Waals surface area (Å²) in [6, 6.07) is 0. The Morgan fingerprint density at radius 2 is 2.00 bits per heavy atom. The summed E-state index contributed by atoms with van der Waals surface area (Å²) in [5.41, 5.74) is 2.35. The molecule has 0 aromatic carbocycles. The van der Waals surface area contributed by atoms with E-state index in [1.54, 1.807) is 4.90 Å². The summed E-state index contributed by atoms with van der Waals surface area (Å²) in [6.07, 6.45) is 1.56. The molecule has 0 aliphatic carbocycles. The third-order valence-corrected chi connectivity index (χ3v) is 4.53. The number of carbonyl (C=O) groups is 2. The van der Waals surface area contributed by atoms with Gasteiger partial charge in [-0.2, -0.15) is 5.10 Å². The molecule has 2 amide bonds. The molecular formula is C16H26N4O2. The van der Waals surface area contributed by atoms with Crippen LogP contribution in [0.1, 0.15) is 55.9 Å².